The standard InChI is InChI=1S/C22H12N6O4/c23-9-12-16(24)32-18-15(17(29)26-21(31)27-18)22(12)11-6-2-4-8-14(11)28-19(30)10-5-1-3-7-13(10)25-20(22)28/h1-8H,24H2,(H2,26,27,29,31). The number of nitrogens with two attached hydrogens (primary N) is 1. The maximum absolute atomic E-state index is 13.6. The minimum Gasteiger partial charge on any atom is -0.423 e. The van der Waals surface area contributed by atoms with Crippen molar-refractivity contribution in [3.63, 3.8) is 0 Å². The van der Waals surface area contributed by atoms with Crippen molar-refractivity contribution in [2.24, 2.45) is 5.73 Å². The van der Waals surface area contributed by atoms with Gasteiger partial charge in [-0.05, 0) is 18.2 Å². The van der Waals surface area contributed by atoms with Crippen LogP contribution >= 0.6 is 0 Å². The van der Waals surface area contributed by atoms with Crippen LogP contribution in [-0.4, -0.2) is 19.5 Å². The van der Waals surface area contributed by atoms with Crippen molar-refractivity contribution >= 4 is 10.9 Å². The first-order valence-corrected chi connectivity index (χ1v) is 9.56. The first-order chi connectivity index (χ1) is 15.5. The Morgan fingerprint density at radius 1 is 1.06 bits per heavy atom. The molecule has 0 radical (unpaired) electrons. The van der Waals surface area contributed by atoms with E-state index in [-0.39, 0.29) is 34.3 Å². The molecule has 2 aliphatic heterocycles. The molecule has 10 nitrogen and oxygen atoms in total. The summed E-state index contributed by atoms with van der Waals surface area (Å²) < 4.78 is 6.85. The van der Waals surface area contributed by atoms with Gasteiger partial charge in [-0.15, -0.1) is 0 Å². The predicted molar refractivity (Wildman–Crippen MR) is 112 cm³/mol. The smallest absolute Gasteiger partial charge is 0.328 e. The molecule has 2 aliphatic rings. The third kappa shape index (κ3) is 1.92. The fourth-order valence-electron chi connectivity index (χ4n) is 4.70. The van der Waals surface area contributed by atoms with E-state index in [1.807, 2.05) is 6.07 Å². The Balaban J connectivity index is 1.94. The molecule has 1 atom stereocenters. The minimum absolute atomic E-state index is 0.0799. The number of nitrogens with one attached hydrogen (secondary N) is 2. The number of para-hydroxylation sites is 2. The molecule has 1 spiro atoms. The summed E-state index contributed by atoms with van der Waals surface area (Å²) in [6.07, 6.45) is 0. The Hall–Kier alpha value is -4.91. The van der Waals surface area contributed by atoms with Crippen LogP contribution in [0.25, 0.3) is 16.6 Å². The molecule has 0 fully saturated rings. The van der Waals surface area contributed by atoms with Gasteiger partial charge >= 0.3 is 5.69 Å². The van der Waals surface area contributed by atoms with Crippen LogP contribution < -0.4 is 27.3 Å². The lowest BCUT2D eigenvalue weighted by atomic mass is 9.69. The number of nitrogens with zero attached hydrogens (tertiary/aromatic N) is 3. The number of allylic oxidation sites excluding steroid dienone is 1. The molecule has 0 bridgehead atoms. The molecule has 4 N–H and O–H groups in total. The van der Waals surface area contributed by atoms with Gasteiger partial charge in [-0.25, -0.2) is 9.78 Å². The van der Waals surface area contributed by atoms with E-state index in [0.29, 0.717) is 22.2 Å². The maximum Gasteiger partial charge on any atom is 0.328 e. The van der Waals surface area contributed by atoms with E-state index in [1.54, 1.807) is 48.5 Å². The molecule has 154 valence electrons. The SMILES string of the molecule is N#CC1=C(N)Oc2[nH]c(=O)[nH]c(=O)c2C12c1ccccc1-n1c2nc2ccccc2c1=O. The van der Waals surface area contributed by atoms with Crippen molar-refractivity contribution in [3.05, 3.63) is 108 Å². The van der Waals surface area contributed by atoms with E-state index in [2.05, 4.69) is 9.97 Å². The van der Waals surface area contributed by atoms with Crippen LogP contribution in [0.3, 0.4) is 0 Å². The quantitative estimate of drug-likeness (QED) is 0.370. The summed E-state index contributed by atoms with van der Waals surface area (Å²) in [6.45, 7) is 0. The Bertz CT molecular complexity index is 1750. The van der Waals surface area contributed by atoms with Gasteiger partial charge < -0.3 is 10.5 Å². The molecular formula is C22H12N6O4. The summed E-state index contributed by atoms with van der Waals surface area (Å²) >= 11 is 0. The normalized spacial score (nSPS) is 18.1. The van der Waals surface area contributed by atoms with Crippen molar-refractivity contribution in [1.82, 2.24) is 19.5 Å². The van der Waals surface area contributed by atoms with Crippen LogP contribution in [0.4, 0.5) is 0 Å². The highest BCUT2D eigenvalue weighted by molar-refractivity contribution is 5.81. The molecule has 32 heavy (non-hydrogen) atoms. The average molecular weight is 424 g/mol. The number of aromatic nitrogens is 4. The Labute approximate surface area is 177 Å². The molecule has 6 rings (SSSR count). The number of hydrogen-bond acceptors (Lipinski definition) is 7. The fourth-order valence-corrected chi connectivity index (χ4v) is 4.70. The van der Waals surface area contributed by atoms with Gasteiger partial charge in [0.05, 0.1) is 16.6 Å². The number of benzene rings is 2. The highest BCUT2D eigenvalue weighted by Gasteiger charge is 2.57. The highest BCUT2D eigenvalue weighted by atomic mass is 16.5. The Morgan fingerprint density at radius 2 is 1.81 bits per heavy atom. The van der Waals surface area contributed by atoms with Gasteiger partial charge in [-0.1, -0.05) is 30.3 Å². The lowest BCUT2D eigenvalue weighted by Crippen LogP contribution is -2.45. The number of hydrogen-bond donors (Lipinski definition) is 3. The van der Waals surface area contributed by atoms with Crippen LogP contribution in [0.15, 0.2) is 74.4 Å². The van der Waals surface area contributed by atoms with Gasteiger partial charge in [0.2, 0.25) is 11.8 Å². The lowest BCUT2D eigenvalue weighted by molar-refractivity contribution is 0.358. The van der Waals surface area contributed by atoms with E-state index in [9.17, 15) is 19.6 Å². The highest BCUT2D eigenvalue weighted by Crippen LogP contribution is 2.53. The zero-order valence-electron chi connectivity index (χ0n) is 16.2. The molecule has 2 aromatic heterocycles. The van der Waals surface area contributed by atoms with Gasteiger partial charge in [0, 0.05) is 5.56 Å². The minimum atomic E-state index is -1.66. The number of H-pyrrole nitrogens is 2. The number of rotatable bonds is 0. The molecule has 10 heteroatoms. The lowest BCUT2D eigenvalue weighted by Gasteiger charge is -2.33. The summed E-state index contributed by atoms with van der Waals surface area (Å²) in [5.41, 5.74) is 3.60. The molecule has 1 unspecified atom stereocenters. The Morgan fingerprint density at radius 3 is 2.62 bits per heavy atom. The van der Waals surface area contributed by atoms with Crippen LogP contribution in [0.2, 0.25) is 0 Å². The van der Waals surface area contributed by atoms with Gasteiger partial charge in [0.1, 0.15) is 28.4 Å². The molecule has 4 heterocycles. The first kappa shape index (κ1) is 17.9. The summed E-state index contributed by atoms with van der Waals surface area (Å²) in [5, 5.41) is 10.5. The van der Waals surface area contributed by atoms with Gasteiger partial charge in [-0.2, -0.15) is 5.26 Å². The first-order valence-electron chi connectivity index (χ1n) is 9.56. The van der Waals surface area contributed by atoms with Crippen LogP contribution in [-0.2, 0) is 5.41 Å². The molecule has 0 saturated heterocycles. The topological polar surface area (TPSA) is 160 Å². The van der Waals surface area contributed by atoms with E-state index >= 15 is 0 Å². The molecule has 4 aromatic rings. The number of ether oxygens (including phenoxy) is 1. The monoisotopic (exact) mass is 424 g/mol. The van der Waals surface area contributed by atoms with E-state index in [0.717, 1.165) is 0 Å². The van der Waals surface area contributed by atoms with E-state index in [1.165, 1.54) is 4.57 Å². The molecular weight excluding hydrogens is 412 g/mol. The number of nitriles is 1. The van der Waals surface area contributed by atoms with Crippen LogP contribution in [0, 0.1) is 11.3 Å². The third-order valence-corrected chi connectivity index (χ3v) is 5.89. The van der Waals surface area contributed by atoms with Crippen molar-refractivity contribution in [3.8, 4) is 17.6 Å². The second-order valence-electron chi connectivity index (χ2n) is 7.43. The largest absolute Gasteiger partial charge is 0.423 e. The molecule has 0 amide bonds. The average Bonchev–Trinajstić information content (AvgIpc) is 3.04. The summed E-state index contributed by atoms with van der Waals surface area (Å²) in [5.74, 6) is -0.392. The third-order valence-electron chi connectivity index (χ3n) is 5.89. The molecule has 2 aromatic carbocycles. The zero-order chi connectivity index (χ0) is 22.2. The van der Waals surface area contributed by atoms with E-state index in [4.69, 9.17) is 15.5 Å². The summed E-state index contributed by atoms with van der Waals surface area (Å²) in [4.78, 5) is 48.0. The maximum atomic E-state index is 13.6. The zero-order valence-corrected chi connectivity index (χ0v) is 16.2. The predicted octanol–water partition coefficient (Wildman–Crippen LogP) is 0.496. The van der Waals surface area contributed by atoms with Gasteiger partial charge in [0.15, 0.2) is 0 Å². The van der Waals surface area contributed by atoms with Crippen LogP contribution in [0.1, 0.15) is 17.0 Å². The van der Waals surface area contributed by atoms with Crippen molar-refractivity contribution in [2.75, 3.05) is 0 Å². The fraction of sp³-hybridized carbons (Fsp3) is 0.0455. The second kappa shape index (κ2) is 5.83. The van der Waals surface area contributed by atoms with Gasteiger partial charge in [0.25, 0.3) is 11.1 Å². The van der Waals surface area contributed by atoms with Gasteiger partial charge in [-0.3, -0.25) is 24.1 Å². The number of fused-ring (bicyclic) bond motifs is 8. The summed E-state index contributed by atoms with van der Waals surface area (Å²) in [7, 11) is 0. The van der Waals surface area contributed by atoms with Crippen molar-refractivity contribution in [2.45, 2.75) is 5.41 Å². The summed E-state index contributed by atoms with van der Waals surface area (Å²) in [6, 6.07) is 15.7. The van der Waals surface area contributed by atoms with Crippen LogP contribution in [0.5, 0.6) is 5.88 Å². The number of aromatic amines is 2. The second-order valence-corrected chi connectivity index (χ2v) is 7.43. The Kier molecular flexibility index (Phi) is 3.26. The molecule has 0 saturated carbocycles. The van der Waals surface area contributed by atoms with Crippen molar-refractivity contribution in [1.29, 1.82) is 5.26 Å². The van der Waals surface area contributed by atoms with Crippen molar-refractivity contribution < 1.29 is 4.74 Å². The molecule has 0 aliphatic carbocycles. The van der Waals surface area contributed by atoms with E-state index < -0.39 is 16.7 Å².